The molecule has 0 aliphatic heterocycles. The lowest BCUT2D eigenvalue weighted by atomic mass is 9.93. The van der Waals surface area contributed by atoms with E-state index in [4.69, 9.17) is 0 Å². The second-order valence-corrected chi connectivity index (χ2v) is 7.48. The van der Waals surface area contributed by atoms with Crippen LogP contribution in [0.2, 0.25) is 0 Å². The second-order valence-electron chi connectivity index (χ2n) is 7.48. The summed E-state index contributed by atoms with van der Waals surface area (Å²) < 4.78 is 28.8. The standard InChI is InChI=1S/C22H25F2NO/c1-12(2)16-7-8-20-18(22(16)24)10-15(25-20)6-5-13(3)17-11-21(26)14(4)9-19(17)23/h7-13,25-26H,5-6H2,1-4H3. The molecule has 3 aromatic rings. The van der Waals surface area contributed by atoms with E-state index < -0.39 is 0 Å². The molecule has 1 atom stereocenters. The first kappa shape index (κ1) is 18.4. The van der Waals surface area contributed by atoms with Gasteiger partial charge in [0.05, 0.1) is 0 Å². The van der Waals surface area contributed by atoms with Crippen LogP contribution in [-0.2, 0) is 6.42 Å². The molecule has 0 fully saturated rings. The normalized spacial score (nSPS) is 12.9. The van der Waals surface area contributed by atoms with Gasteiger partial charge in [-0.05, 0) is 72.6 Å². The van der Waals surface area contributed by atoms with E-state index in [-0.39, 0.29) is 29.2 Å². The molecule has 0 saturated heterocycles. The summed E-state index contributed by atoms with van der Waals surface area (Å²) in [7, 11) is 0. The first-order chi connectivity index (χ1) is 12.3. The van der Waals surface area contributed by atoms with Crippen LogP contribution in [0.5, 0.6) is 5.75 Å². The number of hydrogen-bond donors (Lipinski definition) is 2. The van der Waals surface area contributed by atoms with Gasteiger partial charge in [0.25, 0.3) is 0 Å². The largest absolute Gasteiger partial charge is 0.508 e. The molecule has 1 heterocycles. The van der Waals surface area contributed by atoms with Gasteiger partial charge < -0.3 is 10.1 Å². The van der Waals surface area contributed by atoms with Crippen LogP contribution >= 0.6 is 0 Å². The van der Waals surface area contributed by atoms with Gasteiger partial charge in [0.2, 0.25) is 0 Å². The summed E-state index contributed by atoms with van der Waals surface area (Å²) >= 11 is 0. The van der Waals surface area contributed by atoms with Gasteiger partial charge in [-0.2, -0.15) is 0 Å². The zero-order valence-corrected chi connectivity index (χ0v) is 15.7. The van der Waals surface area contributed by atoms with Crippen molar-refractivity contribution in [3.63, 3.8) is 0 Å². The van der Waals surface area contributed by atoms with Crippen LogP contribution < -0.4 is 0 Å². The molecule has 2 aromatic carbocycles. The highest BCUT2D eigenvalue weighted by Gasteiger charge is 2.16. The number of halogens is 2. The zero-order chi connectivity index (χ0) is 19.0. The number of aromatic hydroxyl groups is 1. The van der Waals surface area contributed by atoms with Crippen LogP contribution in [-0.4, -0.2) is 10.1 Å². The Labute approximate surface area is 152 Å². The van der Waals surface area contributed by atoms with E-state index >= 15 is 0 Å². The number of H-pyrrole nitrogens is 1. The van der Waals surface area contributed by atoms with Crippen molar-refractivity contribution >= 4 is 10.9 Å². The van der Waals surface area contributed by atoms with Crippen LogP contribution in [0, 0.1) is 18.6 Å². The second kappa shape index (κ2) is 7.10. The molecule has 2 N–H and O–H groups in total. The van der Waals surface area contributed by atoms with E-state index in [0.29, 0.717) is 34.9 Å². The van der Waals surface area contributed by atoms with Crippen molar-refractivity contribution < 1.29 is 13.9 Å². The Morgan fingerprint density at radius 1 is 1.04 bits per heavy atom. The van der Waals surface area contributed by atoms with Crippen LogP contribution in [0.15, 0.2) is 30.3 Å². The molecule has 4 heteroatoms. The van der Waals surface area contributed by atoms with Crippen molar-refractivity contribution in [1.82, 2.24) is 4.98 Å². The Morgan fingerprint density at radius 3 is 2.46 bits per heavy atom. The minimum absolute atomic E-state index is 0.0519. The van der Waals surface area contributed by atoms with Gasteiger partial charge in [-0.1, -0.05) is 26.8 Å². The minimum atomic E-state index is -0.294. The third-order valence-corrected chi connectivity index (χ3v) is 5.14. The summed E-state index contributed by atoms with van der Waals surface area (Å²) in [6.45, 7) is 7.57. The lowest BCUT2D eigenvalue weighted by molar-refractivity contribution is 0.464. The van der Waals surface area contributed by atoms with E-state index in [1.54, 1.807) is 6.92 Å². The smallest absolute Gasteiger partial charge is 0.136 e. The summed E-state index contributed by atoms with van der Waals surface area (Å²) in [4.78, 5) is 3.26. The minimum Gasteiger partial charge on any atom is -0.508 e. The average Bonchev–Trinajstić information content (AvgIpc) is 3.00. The highest BCUT2D eigenvalue weighted by molar-refractivity contribution is 5.82. The summed E-state index contributed by atoms with van der Waals surface area (Å²) in [6, 6.07) is 8.47. The molecule has 26 heavy (non-hydrogen) atoms. The average molecular weight is 357 g/mol. The fraction of sp³-hybridized carbons (Fsp3) is 0.364. The topological polar surface area (TPSA) is 36.0 Å². The molecule has 0 spiro atoms. The SMILES string of the molecule is Cc1cc(F)c(C(C)CCc2cc3c(F)c(C(C)C)ccc3[nH]2)cc1O. The predicted octanol–water partition coefficient (Wildman–Crippen LogP) is 6.32. The number of fused-ring (bicyclic) bond motifs is 1. The van der Waals surface area contributed by atoms with E-state index in [1.165, 1.54) is 12.1 Å². The fourth-order valence-electron chi connectivity index (χ4n) is 3.41. The van der Waals surface area contributed by atoms with Gasteiger partial charge >= 0.3 is 0 Å². The predicted molar refractivity (Wildman–Crippen MR) is 102 cm³/mol. The molecule has 2 nitrogen and oxygen atoms in total. The Kier molecular flexibility index (Phi) is 5.03. The number of benzene rings is 2. The summed E-state index contributed by atoms with van der Waals surface area (Å²) in [5.41, 5.74) is 3.48. The maximum Gasteiger partial charge on any atom is 0.136 e. The lowest BCUT2D eigenvalue weighted by Gasteiger charge is -2.14. The van der Waals surface area contributed by atoms with Crippen molar-refractivity contribution in [2.45, 2.75) is 52.4 Å². The van der Waals surface area contributed by atoms with Crippen LogP contribution in [0.25, 0.3) is 10.9 Å². The van der Waals surface area contributed by atoms with E-state index in [0.717, 1.165) is 11.2 Å². The molecular weight excluding hydrogens is 332 g/mol. The highest BCUT2D eigenvalue weighted by atomic mass is 19.1. The monoisotopic (exact) mass is 357 g/mol. The molecule has 3 rings (SSSR count). The summed E-state index contributed by atoms with van der Waals surface area (Å²) in [5.74, 6) is -0.263. The molecule has 1 unspecified atom stereocenters. The molecule has 0 saturated carbocycles. The number of hydrogen-bond acceptors (Lipinski definition) is 1. The van der Waals surface area contributed by atoms with Crippen LogP contribution in [0.1, 0.15) is 61.4 Å². The summed E-state index contributed by atoms with van der Waals surface area (Å²) in [6.07, 6.45) is 1.38. The molecule has 0 bridgehead atoms. The fourth-order valence-corrected chi connectivity index (χ4v) is 3.41. The number of aromatic nitrogens is 1. The molecule has 0 radical (unpaired) electrons. The van der Waals surface area contributed by atoms with Crippen molar-refractivity contribution in [3.8, 4) is 5.75 Å². The molecule has 138 valence electrons. The number of aryl methyl sites for hydroxylation is 2. The van der Waals surface area contributed by atoms with Crippen molar-refractivity contribution in [3.05, 3.63) is 64.4 Å². The van der Waals surface area contributed by atoms with Crippen LogP contribution in [0.4, 0.5) is 8.78 Å². The zero-order valence-electron chi connectivity index (χ0n) is 15.7. The van der Waals surface area contributed by atoms with Gasteiger partial charge in [0.15, 0.2) is 0 Å². The molecule has 0 aliphatic carbocycles. The molecule has 1 aromatic heterocycles. The quantitative estimate of drug-likeness (QED) is 0.551. The lowest BCUT2D eigenvalue weighted by Crippen LogP contribution is -2.00. The van der Waals surface area contributed by atoms with Gasteiger partial charge in [-0.15, -0.1) is 0 Å². The molecule has 0 amide bonds. The first-order valence-electron chi connectivity index (χ1n) is 9.07. The Bertz CT molecular complexity index is 943. The first-order valence-corrected chi connectivity index (χ1v) is 9.07. The maximum atomic E-state index is 14.6. The van der Waals surface area contributed by atoms with Gasteiger partial charge in [-0.25, -0.2) is 8.78 Å². The Hall–Kier alpha value is -2.36. The van der Waals surface area contributed by atoms with E-state index in [1.807, 2.05) is 39.0 Å². The number of rotatable bonds is 5. The number of nitrogens with one attached hydrogen (secondary N) is 1. The summed E-state index contributed by atoms with van der Waals surface area (Å²) in [5, 5.41) is 10.5. The van der Waals surface area contributed by atoms with Gasteiger partial charge in [0.1, 0.15) is 17.4 Å². The third kappa shape index (κ3) is 3.46. The van der Waals surface area contributed by atoms with Gasteiger partial charge in [-0.3, -0.25) is 0 Å². The third-order valence-electron chi connectivity index (χ3n) is 5.14. The maximum absolute atomic E-state index is 14.6. The van der Waals surface area contributed by atoms with Crippen molar-refractivity contribution in [2.24, 2.45) is 0 Å². The van der Waals surface area contributed by atoms with Crippen LogP contribution in [0.3, 0.4) is 0 Å². The molecular formula is C22H25F2NO. The van der Waals surface area contributed by atoms with Crippen molar-refractivity contribution in [1.29, 1.82) is 0 Å². The van der Waals surface area contributed by atoms with E-state index in [2.05, 4.69) is 4.98 Å². The molecule has 0 aliphatic rings. The highest BCUT2D eigenvalue weighted by Crippen LogP contribution is 2.31. The van der Waals surface area contributed by atoms with E-state index in [9.17, 15) is 13.9 Å². The number of aromatic amines is 1. The Morgan fingerprint density at radius 2 is 1.77 bits per heavy atom. The number of phenols is 1. The van der Waals surface area contributed by atoms with Gasteiger partial charge in [0, 0.05) is 16.6 Å². The van der Waals surface area contributed by atoms with Crippen molar-refractivity contribution in [2.75, 3.05) is 0 Å². The Balaban J connectivity index is 1.79. The number of phenolic OH excluding ortho intramolecular Hbond substituents is 1.